The normalized spacial score (nSPS) is 20.9. The minimum Gasteiger partial charge on any atom is -0.456 e. The predicted molar refractivity (Wildman–Crippen MR) is 164 cm³/mol. The van der Waals surface area contributed by atoms with Crippen LogP contribution in [0.3, 0.4) is 0 Å². The van der Waals surface area contributed by atoms with Crippen molar-refractivity contribution in [2.75, 3.05) is 13.1 Å². The van der Waals surface area contributed by atoms with Crippen LogP contribution >= 0.6 is 11.6 Å². The van der Waals surface area contributed by atoms with Gasteiger partial charge in [-0.3, -0.25) is 9.69 Å². The molecule has 1 aliphatic heterocycles. The van der Waals surface area contributed by atoms with Crippen molar-refractivity contribution in [2.24, 2.45) is 17.6 Å². The third kappa shape index (κ3) is 5.79. The maximum atomic E-state index is 14.1. The molecular formula is C32H32ClFN4O5S. The van der Waals surface area contributed by atoms with Crippen LogP contribution in [0.5, 0.6) is 11.5 Å². The molecule has 3 atom stereocenters. The maximum absolute atomic E-state index is 14.1. The number of rotatable bonds is 9. The summed E-state index contributed by atoms with van der Waals surface area (Å²) < 4.78 is 48.0. The van der Waals surface area contributed by atoms with Crippen molar-refractivity contribution in [3.8, 4) is 11.5 Å². The number of hydrogen-bond donors (Lipinski definition) is 2. The van der Waals surface area contributed by atoms with E-state index in [1.165, 1.54) is 42.5 Å². The number of benzene rings is 3. The van der Waals surface area contributed by atoms with Crippen molar-refractivity contribution in [1.82, 2.24) is 14.2 Å². The zero-order chi connectivity index (χ0) is 31.0. The Morgan fingerprint density at radius 3 is 2.52 bits per heavy atom. The molecule has 3 amide bonds. The average molecular weight is 639 g/mol. The summed E-state index contributed by atoms with van der Waals surface area (Å²) in [4.78, 5) is 31.8. The Hall–Kier alpha value is -3.93. The van der Waals surface area contributed by atoms with Gasteiger partial charge in [-0.25, -0.2) is 21.9 Å². The first-order valence-electron chi connectivity index (χ1n) is 14.5. The molecule has 0 bridgehead atoms. The smallest absolute Gasteiger partial charge is 0.341 e. The van der Waals surface area contributed by atoms with E-state index in [4.69, 9.17) is 22.1 Å². The van der Waals surface area contributed by atoms with E-state index in [0.29, 0.717) is 22.5 Å². The first kappa shape index (κ1) is 30.1. The van der Waals surface area contributed by atoms with E-state index < -0.39 is 33.8 Å². The molecule has 6 rings (SSSR count). The molecule has 230 valence electrons. The zero-order valence-electron chi connectivity index (χ0n) is 23.8. The van der Waals surface area contributed by atoms with Crippen molar-refractivity contribution in [1.29, 1.82) is 0 Å². The van der Waals surface area contributed by atoms with Gasteiger partial charge in [0.15, 0.2) is 0 Å². The summed E-state index contributed by atoms with van der Waals surface area (Å²) in [6.45, 7) is 0.666. The molecule has 1 aromatic heterocycles. The number of halogens is 2. The Morgan fingerprint density at radius 1 is 1.02 bits per heavy atom. The number of ether oxygens (including phenoxy) is 1. The van der Waals surface area contributed by atoms with Gasteiger partial charge in [0.05, 0.1) is 9.92 Å². The molecule has 12 heteroatoms. The van der Waals surface area contributed by atoms with E-state index in [0.717, 1.165) is 47.0 Å². The Bertz CT molecular complexity index is 1810. The lowest BCUT2D eigenvalue weighted by Crippen LogP contribution is -2.41. The fraction of sp³-hybridized carbons (Fsp3) is 0.312. The standard InChI is InChI=1S/C32H32ClFN4O5S/c33-27-16-25(12-13-30(27)43-24-10-8-23(34)9-11-24)44(41,42)38-29(15-22-18-36-28-7-2-1-6-26(22)28)31(39)37(32(38)40)19-21-5-3-4-20(14-21)17-35/h1-2,6-13,16,18,20-21,29,36H,3-5,14-15,17,19,35H2. The average Bonchev–Trinajstić information content (AvgIpc) is 3.53. The number of para-hydroxylation sites is 1. The summed E-state index contributed by atoms with van der Waals surface area (Å²) in [5.74, 6) is -0.196. The van der Waals surface area contributed by atoms with Crippen LogP contribution in [0.2, 0.25) is 5.02 Å². The fourth-order valence-electron chi connectivity index (χ4n) is 6.25. The van der Waals surface area contributed by atoms with Gasteiger partial charge >= 0.3 is 6.03 Å². The van der Waals surface area contributed by atoms with Crippen molar-refractivity contribution in [3.63, 3.8) is 0 Å². The minimum absolute atomic E-state index is 0.0000973. The highest BCUT2D eigenvalue weighted by atomic mass is 35.5. The minimum atomic E-state index is -4.53. The van der Waals surface area contributed by atoms with Gasteiger partial charge in [-0.15, -0.1) is 0 Å². The van der Waals surface area contributed by atoms with Crippen molar-refractivity contribution in [2.45, 2.75) is 43.0 Å². The molecule has 2 fully saturated rings. The highest BCUT2D eigenvalue weighted by molar-refractivity contribution is 7.89. The van der Waals surface area contributed by atoms with Crippen LogP contribution in [0.25, 0.3) is 10.9 Å². The van der Waals surface area contributed by atoms with E-state index >= 15 is 0 Å². The largest absolute Gasteiger partial charge is 0.456 e. The molecule has 9 nitrogen and oxygen atoms in total. The summed E-state index contributed by atoms with van der Waals surface area (Å²) in [7, 11) is -4.53. The van der Waals surface area contributed by atoms with Gasteiger partial charge in [-0.2, -0.15) is 0 Å². The number of carbonyl (C=O) groups excluding carboxylic acids is 2. The van der Waals surface area contributed by atoms with Crippen LogP contribution in [0.15, 0.2) is 77.8 Å². The van der Waals surface area contributed by atoms with E-state index in [-0.39, 0.29) is 34.6 Å². The van der Waals surface area contributed by atoms with Gasteiger partial charge in [-0.1, -0.05) is 36.2 Å². The summed E-state index contributed by atoms with van der Waals surface area (Å²) in [6.07, 6.45) is 5.28. The first-order chi connectivity index (χ1) is 21.2. The molecule has 3 unspecified atom stereocenters. The zero-order valence-corrected chi connectivity index (χ0v) is 25.4. The number of imide groups is 1. The second-order valence-corrected chi connectivity index (χ2v) is 13.6. The predicted octanol–water partition coefficient (Wildman–Crippen LogP) is 6.08. The molecular weight excluding hydrogens is 607 g/mol. The number of hydrogen-bond acceptors (Lipinski definition) is 6. The summed E-state index contributed by atoms with van der Waals surface area (Å²) in [5.41, 5.74) is 7.47. The number of aromatic nitrogens is 1. The number of nitrogens with zero attached hydrogens (tertiary/aromatic N) is 2. The van der Waals surface area contributed by atoms with Gasteiger partial charge in [0.2, 0.25) is 0 Å². The third-order valence-electron chi connectivity index (χ3n) is 8.51. The fourth-order valence-corrected chi connectivity index (χ4v) is 8.07. The molecule has 3 aromatic carbocycles. The highest BCUT2D eigenvalue weighted by Crippen LogP contribution is 2.37. The number of urea groups is 1. The molecule has 2 aliphatic rings. The highest BCUT2D eigenvalue weighted by Gasteiger charge is 2.52. The molecule has 0 spiro atoms. The molecule has 1 saturated heterocycles. The lowest BCUT2D eigenvalue weighted by atomic mass is 9.81. The van der Waals surface area contributed by atoms with Gasteiger partial charge < -0.3 is 15.5 Å². The third-order valence-corrected chi connectivity index (χ3v) is 10.6. The van der Waals surface area contributed by atoms with E-state index in [9.17, 15) is 22.4 Å². The lowest BCUT2D eigenvalue weighted by molar-refractivity contribution is -0.128. The van der Waals surface area contributed by atoms with E-state index in [1.54, 1.807) is 6.20 Å². The molecule has 1 saturated carbocycles. The lowest BCUT2D eigenvalue weighted by Gasteiger charge is -2.30. The summed E-state index contributed by atoms with van der Waals surface area (Å²) in [6, 6.07) is 14.4. The van der Waals surface area contributed by atoms with Crippen molar-refractivity contribution < 1.29 is 27.1 Å². The monoisotopic (exact) mass is 638 g/mol. The van der Waals surface area contributed by atoms with Crippen LogP contribution in [0.1, 0.15) is 31.2 Å². The molecule has 2 heterocycles. The van der Waals surface area contributed by atoms with Crippen LogP contribution < -0.4 is 10.5 Å². The van der Waals surface area contributed by atoms with Gasteiger partial charge in [-0.05, 0) is 91.7 Å². The second kappa shape index (κ2) is 12.2. The summed E-state index contributed by atoms with van der Waals surface area (Å²) in [5, 5.41) is 0.806. The number of fused-ring (bicyclic) bond motifs is 1. The second-order valence-electron chi connectivity index (χ2n) is 11.4. The number of nitrogens with one attached hydrogen (secondary N) is 1. The Morgan fingerprint density at radius 2 is 1.77 bits per heavy atom. The van der Waals surface area contributed by atoms with Gasteiger partial charge in [0.25, 0.3) is 15.9 Å². The number of H-pyrrole nitrogens is 1. The van der Waals surface area contributed by atoms with Crippen LogP contribution in [-0.4, -0.2) is 53.7 Å². The number of amides is 3. The SMILES string of the molecule is NCC1CCCC(CN2C(=O)C(Cc3c[nH]c4ccccc34)N(S(=O)(=O)c3ccc(Oc4ccc(F)cc4)c(Cl)c3)C2=O)C1. The molecule has 3 N–H and O–H groups in total. The summed E-state index contributed by atoms with van der Waals surface area (Å²) >= 11 is 6.43. The maximum Gasteiger partial charge on any atom is 0.341 e. The van der Waals surface area contributed by atoms with Crippen LogP contribution in [0, 0.1) is 17.7 Å². The molecule has 1 aliphatic carbocycles. The molecule has 44 heavy (non-hydrogen) atoms. The topological polar surface area (TPSA) is 126 Å². The van der Waals surface area contributed by atoms with Crippen LogP contribution in [0.4, 0.5) is 9.18 Å². The number of sulfonamides is 1. The molecule has 4 aromatic rings. The first-order valence-corrected chi connectivity index (χ1v) is 16.4. The van der Waals surface area contributed by atoms with Gasteiger partial charge in [0.1, 0.15) is 23.4 Å². The van der Waals surface area contributed by atoms with Crippen molar-refractivity contribution >= 4 is 44.5 Å². The number of carbonyl (C=O) groups is 2. The quantitative estimate of drug-likeness (QED) is 0.214. The van der Waals surface area contributed by atoms with E-state index in [1.807, 2.05) is 24.3 Å². The molecule has 0 radical (unpaired) electrons. The Balaban J connectivity index is 1.33. The number of aromatic amines is 1. The Kier molecular flexibility index (Phi) is 8.36. The number of nitrogens with two attached hydrogens (primary N) is 1. The van der Waals surface area contributed by atoms with Crippen molar-refractivity contribution in [3.05, 3.63) is 89.3 Å². The van der Waals surface area contributed by atoms with E-state index in [2.05, 4.69) is 4.98 Å². The van der Waals surface area contributed by atoms with Crippen LogP contribution in [-0.2, 0) is 21.2 Å². The van der Waals surface area contributed by atoms with Gasteiger partial charge in [0, 0.05) is 30.1 Å². The Labute approximate surface area is 259 Å².